The van der Waals surface area contributed by atoms with Crippen LogP contribution in [0, 0.1) is 0 Å². The molecule has 52 valence electrons. The molecule has 0 aliphatic heterocycles. The summed E-state index contributed by atoms with van der Waals surface area (Å²) in [7, 11) is 0. The predicted octanol–water partition coefficient (Wildman–Crippen LogP) is 1.76. The SMILES string of the molecule is CC(=O)O.c1cc2ccc1-2. The molecule has 10 heavy (non-hydrogen) atoms. The van der Waals surface area contributed by atoms with Crippen molar-refractivity contribution in [2.75, 3.05) is 0 Å². The van der Waals surface area contributed by atoms with Crippen molar-refractivity contribution in [3.63, 3.8) is 0 Å². The average molecular weight is 136 g/mol. The first-order valence-electron chi connectivity index (χ1n) is 3.00. The third-order valence-corrected chi connectivity index (χ3v) is 1.22. The van der Waals surface area contributed by atoms with E-state index in [1.54, 1.807) is 0 Å². The Morgan fingerprint density at radius 1 is 1.20 bits per heavy atom. The first kappa shape index (κ1) is 6.81. The summed E-state index contributed by atoms with van der Waals surface area (Å²) in [6, 6.07) is 8.48. The molecule has 0 fully saturated rings. The summed E-state index contributed by atoms with van der Waals surface area (Å²) in [6.07, 6.45) is 0. The fraction of sp³-hybridized carbons (Fsp3) is 0.125. The summed E-state index contributed by atoms with van der Waals surface area (Å²) in [5.74, 6) is -0.833. The Hall–Kier alpha value is -1.31. The Morgan fingerprint density at radius 2 is 1.40 bits per heavy atom. The van der Waals surface area contributed by atoms with Gasteiger partial charge in [0, 0.05) is 6.92 Å². The Morgan fingerprint density at radius 3 is 1.40 bits per heavy atom. The minimum absolute atomic E-state index is 0.833. The summed E-state index contributed by atoms with van der Waals surface area (Å²) in [5, 5.41) is 7.42. The van der Waals surface area contributed by atoms with Crippen LogP contribution in [0.3, 0.4) is 0 Å². The summed E-state index contributed by atoms with van der Waals surface area (Å²) < 4.78 is 0. The molecule has 0 atom stereocenters. The van der Waals surface area contributed by atoms with Crippen molar-refractivity contribution in [3.8, 4) is 11.1 Å². The molecule has 1 N–H and O–H groups in total. The Kier molecular flexibility index (Phi) is 1.71. The molecule has 2 rings (SSSR count). The van der Waals surface area contributed by atoms with Crippen LogP contribution in [0.2, 0.25) is 0 Å². The van der Waals surface area contributed by atoms with Gasteiger partial charge in [-0.1, -0.05) is 24.3 Å². The molecule has 0 aromatic carbocycles. The van der Waals surface area contributed by atoms with Crippen LogP contribution in [0.1, 0.15) is 6.92 Å². The molecular formula is C8H8O2. The highest BCUT2D eigenvalue weighted by atomic mass is 16.4. The van der Waals surface area contributed by atoms with E-state index in [1.807, 2.05) is 0 Å². The molecule has 0 saturated carbocycles. The lowest BCUT2D eigenvalue weighted by atomic mass is 9.95. The predicted molar refractivity (Wildman–Crippen MR) is 38.7 cm³/mol. The summed E-state index contributed by atoms with van der Waals surface area (Å²) >= 11 is 0. The van der Waals surface area contributed by atoms with E-state index < -0.39 is 5.97 Å². The van der Waals surface area contributed by atoms with Gasteiger partial charge in [0.1, 0.15) is 0 Å². The van der Waals surface area contributed by atoms with Crippen LogP contribution >= 0.6 is 0 Å². The van der Waals surface area contributed by atoms with Gasteiger partial charge in [0.2, 0.25) is 0 Å². The topological polar surface area (TPSA) is 37.3 Å². The number of carboxylic acids is 1. The molecule has 0 saturated heterocycles. The third-order valence-electron chi connectivity index (χ3n) is 1.22. The molecular weight excluding hydrogens is 128 g/mol. The molecule has 2 aliphatic rings. The van der Waals surface area contributed by atoms with Crippen molar-refractivity contribution >= 4 is 5.97 Å². The lowest BCUT2D eigenvalue weighted by Gasteiger charge is -2.10. The first-order valence-corrected chi connectivity index (χ1v) is 3.00. The zero-order valence-corrected chi connectivity index (χ0v) is 5.66. The van der Waals surface area contributed by atoms with Crippen molar-refractivity contribution in [1.82, 2.24) is 0 Å². The fourth-order valence-corrected chi connectivity index (χ4v) is 0.663. The van der Waals surface area contributed by atoms with Crippen LogP contribution in [0.15, 0.2) is 24.3 Å². The fourth-order valence-electron chi connectivity index (χ4n) is 0.663. The number of benzene rings is 1. The summed E-state index contributed by atoms with van der Waals surface area (Å²) in [5.41, 5.74) is 2.85. The Labute approximate surface area is 59.1 Å². The van der Waals surface area contributed by atoms with Gasteiger partial charge in [0.05, 0.1) is 0 Å². The zero-order valence-electron chi connectivity index (χ0n) is 5.66. The third kappa shape index (κ3) is 1.35. The summed E-state index contributed by atoms with van der Waals surface area (Å²) in [6.45, 7) is 1.08. The van der Waals surface area contributed by atoms with Crippen LogP contribution in [0.5, 0.6) is 0 Å². The second-order valence-electron chi connectivity index (χ2n) is 2.10. The quantitative estimate of drug-likeness (QED) is 0.599. The molecule has 0 radical (unpaired) electrons. The van der Waals surface area contributed by atoms with Crippen molar-refractivity contribution in [2.45, 2.75) is 6.92 Å². The van der Waals surface area contributed by atoms with Crippen LogP contribution in [0.4, 0.5) is 0 Å². The standard InChI is InChI=1S/C6H4.C2H4O2/c1-2-6-4-3-5(1)6;1-2(3)4/h1-4H;1H3,(H,3,4). The molecule has 0 spiro atoms. The Balaban J connectivity index is 0.000000112. The number of hydrogen-bond acceptors (Lipinski definition) is 1. The maximum atomic E-state index is 9.00. The largest absolute Gasteiger partial charge is 0.481 e. The van der Waals surface area contributed by atoms with Gasteiger partial charge in [-0.3, -0.25) is 4.79 Å². The van der Waals surface area contributed by atoms with E-state index in [2.05, 4.69) is 24.3 Å². The second kappa shape index (κ2) is 2.52. The van der Waals surface area contributed by atoms with E-state index >= 15 is 0 Å². The van der Waals surface area contributed by atoms with Gasteiger partial charge in [-0.15, -0.1) is 0 Å². The van der Waals surface area contributed by atoms with Crippen molar-refractivity contribution < 1.29 is 9.90 Å². The summed E-state index contributed by atoms with van der Waals surface area (Å²) in [4.78, 5) is 9.00. The maximum Gasteiger partial charge on any atom is 0.300 e. The second-order valence-corrected chi connectivity index (χ2v) is 2.10. The number of hydrogen-bond donors (Lipinski definition) is 1. The van der Waals surface area contributed by atoms with Gasteiger partial charge in [-0.2, -0.15) is 0 Å². The molecule has 2 heteroatoms. The van der Waals surface area contributed by atoms with Crippen LogP contribution in [-0.4, -0.2) is 11.1 Å². The maximum absolute atomic E-state index is 9.00. The van der Waals surface area contributed by atoms with Gasteiger partial charge >= 0.3 is 0 Å². The van der Waals surface area contributed by atoms with E-state index in [0.717, 1.165) is 6.92 Å². The smallest absolute Gasteiger partial charge is 0.300 e. The highest BCUT2D eigenvalue weighted by molar-refractivity contribution is 5.75. The van der Waals surface area contributed by atoms with Crippen LogP contribution < -0.4 is 0 Å². The average Bonchev–Trinajstić information content (AvgIpc) is 1.77. The van der Waals surface area contributed by atoms with Gasteiger partial charge < -0.3 is 5.11 Å². The zero-order chi connectivity index (χ0) is 7.56. The lowest BCUT2D eigenvalue weighted by Crippen LogP contribution is -1.85. The number of rotatable bonds is 0. The first-order chi connectivity index (χ1) is 4.70. The minimum atomic E-state index is -0.833. The van der Waals surface area contributed by atoms with E-state index in [0.29, 0.717) is 0 Å². The molecule has 0 heterocycles. The highest BCUT2D eigenvalue weighted by Gasteiger charge is 2.03. The molecule has 0 bridgehead atoms. The van der Waals surface area contributed by atoms with Crippen molar-refractivity contribution in [2.24, 2.45) is 0 Å². The van der Waals surface area contributed by atoms with Gasteiger partial charge in [0.25, 0.3) is 5.97 Å². The highest BCUT2D eigenvalue weighted by Crippen LogP contribution is 2.29. The molecule has 2 aliphatic carbocycles. The molecule has 0 aromatic rings. The lowest BCUT2D eigenvalue weighted by molar-refractivity contribution is -0.134. The number of fused-ring (bicyclic) bond motifs is 1. The van der Waals surface area contributed by atoms with Gasteiger partial charge in [-0.25, -0.2) is 0 Å². The van der Waals surface area contributed by atoms with E-state index in [9.17, 15) is 0 Å². The number of carbonyl (C=O) groups is 1. The number of carboxylic acid groups (broad SMARTS) is 1. The molecule has 0 amide bonds. The molecule has 0 unspecified atom stereocenters. The molecule has 2 nitrogen and oxygen atoms in total. The van der Waals surface area contributed by atoms with Crippen molar-refractivity contribution in [1.29, 1.82) is 0 Å². The van der Waals surface area contributed by atoms with Gasteiger partial charge in [-0.05, 0) is 11.1 Å². The molecule has 0 aromatic heterocycles. The van der Waals surface area contributed by atoms with Crippen molar-refractivity contribution in [3.05, 3.63) is 24.3 Å². The monoisotopic (exact) mass is 136 g/mol. The van der Waals surface area contributed by atoms with Crippen LogP contribution in [-0.2, 0) is 4.79 Å². The minimum Gasteiger partial charge on any atom is -0.481 e. The van der Waals surface area contributed by atoms with E-state index in [1.165, 1.54) is 11.1 Å². The van der Waals surface area contributed by atoms with E-state index in [-0.39, 0.29) is 0 Å². The van der Waals surface area contributed by atoms with Gasteiger partial charge in [0.15, 0.2) is 0 Å². The Bertz CT molecular complexity index is 211. The normalized spacial score (nSPS) is 9.30. The van der Waals surface area contributed by atoms with Crippen LogP contribution in [0.25, 0.3) is 11.1 Å². The van der Waals surface area contributed by atoms with E-state index in [4.69, 9.17) is 9.90 Å². The number of aliphatic carboxylic acids is 1.